The van der Waals surface area contributed by atoms with Crippen LogP contribution < -0.4 is 0 Å². The molecule has 1 fully saturated rings. The Bertz CT molecular complexity index is 508. The van der Waals surface area contributed by atoms with Crippen molar-refractivity contribution in [2.24, 2.45) is 0 Å². The Balaban J connectivity index is 2.00. The van der Waals surface area contributed by atoms with E-state index in [-0.39, 0.29) is 0 Å². The first kappa shape index (κ1) is 10.3. The Morgan fingerprint density at radius 3 is 2.88 bits per heavy atom. The van der Waals surface area contributed by atoms with Gasteiger partial charge in [0.05, 0.1) is 17.9 Å². The molecule has 4 nitrogen and oxygen atoms in total. The monoisotopic (exact) mass is 230 g/mol. The van der Waals surface area contributed by atoms with E-state index in [1.807, 2.05) is 16.9 Å². The number of nitrogens with zero attached hydrogens (tertiary/aromatic N) is 2. The fourth-order valence-corrected chi connectivity index (χ4v) is 2.45. The molecular weight excluding hydrogens is 216 g/mol. The molecule has 2 heterocycles. The van der Waals surface area contributed by atoms with Gasteiger partial charge in [0.1, 0.15) is 5.69 Å². The Kier molecular flexibility index (Phi) is 2.55. The lowest BCUT2D eigenvalue weighted by Gasteiger charge is -2.08. The fraction of sp³-hybridized carbons (Fsp3) is 0.385. The van der Waals surface area contributed by atoms with Gasteiger partial charge in [0, 0.05) is 6.20 Å². The maximum atomic E-state index is 11.1. The van der Waals surface area contributed by atoms with E-state index in [1.54, 1.807) is 12.3 Å². The van der Waals surface area contributed by atoms with E-state index in [0.29, 0.717) is 23.1 Å². The van der Waals surface area contributed by atoms with Crippen molar-refractivity contribution in [3.05, 3.63) is 30.2 Å². The van der Waals surface area contributed by atoms with Crippen molar-refractivity contribution in [2.45, 2.75) is 31.7 Å². The molecule has 2 aromatic heterocycles. The second-order valence-electron chi connectivity index (χ2n) is 4.45. The summed E-state index contributed by atoms with van der Waals surface area (Å²) in [6.07, 6.45) is 9.07. The van der Waals surface area contributed by atoms with Crippen LogP contribution in [0.1, 0.15) is 42.1 Å². The first-order valence-corrected chi connectivity index (χ1v) is 5.96. The number of aromatic nitrogens is 2. The fourth-order valence-electron chi connectivity index (χ4n) is 2.45. The SMILES string of the molecule is O=Cc1cn(C2CCCC2)nc1-c1ccco1. The highest BCUT2D eigenvalue weighted by atomic mass is 16.3. The number of carbonyl (C=O) groups is 1. The van der Waals surface area contributed by atoms with Gasteiger partial charge in [0.15, 0.2) is 12.0 Å². The van der Waals surface area contributed by atoms with E-state index in [0.717, 1.165) is 19.1 Å². The second-order valence-corrected chi connectivity index (χ2v) is 4.45. The normalized spacial score (nSPS) is 16.5. The van der Waals surface area contributed by atoms with Crippen molar-refractivity contribution in [1.29, 1.82) is 0 Å². The number of aldehydes is 1. The molecule has 4 heteroatoms. The highest BCUT2D eigenvalue weighted by molar-refractivity contribution is 5.83. The summed E-state index contributed by atoms with van der Waals surface area (Å²) in [5, 5.41) is 4.50. The van der Waals surface area contributed by atoms with Crippen LogP contribution in [-0.2, 0) is 0 Å². The average Bonchev–Trinajstić information content (AvgIpc) is 3.09. The molecule has 0 aromatic carbocycles. The van der Waals surface area contributed by atoms with Gasteiger partial charge in [-0.15, -0.1) is 0 Å². The van der Waals surface area contributed by atoms with E-state index in [1.165, 1.54) is 12.8 Å². The molecule has 1 aliphatic carbocycles. The highest BCUT2D eigenvalue weighted by Crippen LogP contribution is 2.31. The van der Waals surface area contributed by atoms with E-state index in [4.69, 9.17) is 4.42 Å². The molecule has 0 N–H and O–H groups in total. The van der Waals surface area contributed by atoms with Crippen molar-refractivity contribution in [2.75, 3.05) is 0 Å². The maximum absolute atomic E-state index is 11.1. The van der Waals surface area contributed by atoms with Gasteiger partial charge in [-0.2, -0.15) is 5.10 Å². The zero-order valence-corrected chi connectivity index (χ0v) is 9.50. The van der Waals surface area contributed by atoms with Crippen LogP contribution in [-0.4, -0.2) is 16.1 Å². The summed E-state index contributed by atoms with van der Waals surface area (Å²) < 4.78 is 7.23. The average molecular weight is 230 g/mol. The van der Waals surface area contributed by atoms with E-state index in [9.17, 15) is 4.79 Å². The molecular formula is C13H14N2O2. The Morgan fingerprint density at radius 1 is 1.41 bits per heavy atom. The predicted molar refractivity (Wildman–Crippen MR) is 62.8 cm³/mol. The van der Waals surface area contributed by atoms with Crippen molar-refractivity contribution in [3.63, 3.8) is 0 Å². The molecule has 3 rings (SSSR count). The molecule has 0 saturated heterocycles. The van der Waals surface area contributed by atoms with Crippen LogP contribution in [0.4, 0.5) is 0 Å². The van der Waals surface area contributed by atoms with Crippen LogP contribution in [0.5, 0.6) is 0 Å². The maximum Gasteiger partial charge on any atom is 0.154 e. The smallest absolute Gasteiger partial charge is 0.154 e. The van der Waals surface area contributed by atoms with Crippen molar-refractivity contribution in [1.82, 2.24) is 9.78 Å². The van der Waals surface area contributed by atoms with E-state index < -0.39 is 0 Å². The molecule has 0 radical (unpaired) electrons. The lowest BCUT2D eigenvalue weighted by Crippen LogP contribution is -2.04. The molecule has 0 unspecified atom stereocenters. The third kappa shape index (κ3) is 1.79. The number of hydrogen-bond donors (Lipinski definition) is 0. The summed E-state index contributed by atoms with van der Waals surface area (Å²) in [6, 6.07) is 4.07. The van der Waals surface area contributed by atoms with Gasteiger partial charge in [0.25, 0.3) is 0 Å². The minimum Gasteiger partial charge on any atom is -0.463 e. The van der Waals surface area contributed by atoms with Crippen LogP contribution in [0.3, 0.4) is 0 Å². The molecule has 0 aliphatic heterocycles. The Morgan fingerprint density at radius 2 is 2.24 bits per heavy atom. The van der Waals surface area contributed by atoms with Gasteiger partial charge < -0.3 is 4.42 Å². The van der Waals surface area contributed by atoms with Gasteiger partial charge in [-0.3, -0.25) is 9.48 Å². The molecule has 2 aromatic rings. The Hall–Kier alpha value is -1.84. The first-order chi connectivity index (χ1) is 8.38. The van der Waals surface area contributed by atoms with Crippen LogP contribution in [0.25, 0.3) is 11.5 Å². The number of furan rings is 1. The summed E-state index contributed by atoms with van der Waals surface area (Å²) in [5.74, 6) is 0.656. The first-order valence-electron chi connectivity index (χ1n) is 5.96. The molecule has 0 amide bonds. The molecule has 1 saturated carbocycles. The largest absolute Gasteiger partial charge is 0.463 e. The number of hydrogen-bond acceptors (Lipinski definition) is 3. The second kappa shape index (κ2) is 4.20. The Labute approximate surface area is 99.2 Å². The standard InChI is InChI=1S/C13H14N2O2/c16-9-10-8-15(11-4-1-2-5-11)14-13(10)12-6-3-7-17-12/h3,6-9,11H,1-2,4-5H2. The number of rotatable bonds is 3. The summed E-state index contributed by atoms with van der Waals surface area (Å²) in [6.45, 7) is 0. The third-order valence-electron chi connectivity index (χ3n) is 3.34. The molecule has 0 spiro atoms. The van der Waals surface area contributed by atoms with Gasteiger partial charge in [-0.05, 0) is 25.0 Å². The minimum atomic E-state index is 0.442. The zero-order chi connectivity index (χ0) is 11.7. The minimum absolute atomic E-state index is 0.442. The van der Waals surface area contributed by atoms with Gasteiger partial charge in [-0.25, -0.2) is 0 Å². The highest BCUT2D eigenvalue weighted by Gasteiger charge is 2.21. The van der Waals surface area contributed by atoms with Crippen molar-refractivity contribution in [3.8, 4) is 11.5 Å². The van der Waals surface area contributed by atoms with Gasteiger partial charge >= 0.3 is 0 Å². The number of carbonyl (C=O) groups excluding carboxylic acids is 1. The van der Waals surface area contributed by atoms with E-state index >= 15 is 0 Å². The molecule has 17 heavy (non-hydrogen) atoms. The van der Waals surface area contributed by atoms with Crippen molar-refractivity contribution >= 4 is 6.29 Å². The molecule has 1 aliphatic rings. The summed E-state index contributed by atoms with van der Waals surface area (Å²) in [7, 11) is 0. The van der Waals surface area contributed by atoms with Gasteiger partial charge in [-0.1, -0.05) is 12.8 Å². The molecule has 88 valence electrons. The quantitative estimate of drug-likeness (QED) is 0.761. The van der Waals surface area contributed by atoms with Crippen LogP contribution in [0.15, 0.2) is 29.0 Å². The van der Waals surface area contributed by atoms with Gasteiger partial charge in [0.2, 0.25) is 0 Å². The summed E-state index contributed by atoms with van der Waals surface area (Å²) in [5.41, 5.74) is 1.25. The van der Waals surface area contributed by atoms with Crippen molar-refractivity contribution < 1.29 is 9.21 Å². The molecule has 0 atom stereocenters. The lowest BCUT2D eigenvalue weighted by molar-refractivity contribution is 0.112. The summed E-state index contributed by atoms with van der Waals surface area (Å²) in [4.78, 5) is 11.1. The summed E-state index contributed by atoms with van der Waals surface area (Å²) >= 11 is 0. The van der Waals surface area contributed by atoms with Crippen LogP contribution in [0.2, 0.25) is 0 Å². The predicted octanol–water partition coefficient (Wildman–Crippen LogP) is 3.07. The van der Waals surface area contributed by atoms with Crippen LogP contribution in [0, 0.1) is 0 Å². The lowest BCUT2D eigenvalue weighted by atomic mass is 10.2. The zero-order valence-electron chi connectivity index (χ0n) is 9.50. The topological polar surface area (TPSA) is 48.0 Å². The third-order valence-corrected chi connectivity index (χ3v) is 3.34. The van der Waals surface area contributed by atoms with Crippen LogP contribution >= 0.6 is 0 Å². The van der Waals surface area contributed by atoms with E-state index in [2.05, 4.69) is 5.10 Å². The molecule has 0 bridgehead atoms.